The maximum absolute atomic E-state index is 10.5. The van der Waals surface area contributed by atoms with E-state index in [0.717, 1.165) is 33.4 Å². The fourth-order valence-electron chi connectivity index (χ4n) is 2.31. The highest BCUT2D eigenvalue weighted by molar-refractivity contribution is 9.10. The fourth-order valence-corrected chi connectivity index (χ4v) is 3.05. The summed E-state index contributed by atoms with van der Waals surface area (Å²) in [7, 11) is 1.86. The lowest BCUT2D eigenvalue weighted by molar-refractivity contribution is 0.175. The van der Waals surface area contributed by atoms with Crippen LogP contribution in [0.4, 0.5) is 0 Å². The number of hydrogen-bond acceptors (Lipinski definition) is 2. The molecule has 0 saturated heterocycles. The standard InChI is InChI=1S/C15H18BrClN2O/c1-4-12-15(17)13(19(3)18-12)8-14(20)11-7-10(16)6-5-9(11)2/h5-7,14,20H,4,8H2,1-3H3. The second kappa shape index (κ2) is 6.29. The maximum Gasteiger partial charge on any atom is 0.0850 e. The van der Waals surface area contributed by atoms with Crippen LogP contribution in [0.5, 0.6) is 0 Å². The molecule has 0 radical (unpaired) electrons. The molecule has 2 aromatic rings. The number of benzene rings is 1. The Morgan fingerprint density at radius 2 is 2.15 bits per heavy atom. The van der Waals surface area contributed by atoms with Crippen LogP contribution < -0.4 is 0 Å². The van der Waals surface area contributed by atoms with Crippen molar-refractivity contribution in [2.75, 3.05) is 0 Å². The van der Waals surface area contributed by atoms with E-state index in [1.54, 1.807) is 4.68 Å². The summed E-state index contributed by atoms with van der Waals surface area (Å²) in [6.07, 6.45) is 0.656. The fraction of sp³-hybridized carbons (Fsp3) is 0.400. The Hall–Kier alpha value is -0.840. The van der Waals surface area contributed by atoms with Crippen LogP contribution in [0.25, 0.3) is 0 Å². The van der Waals surface area contributed by atoms with Gasteiger partial charge in [-0.3, -0.25) is 4.68 Å². The SMILES string of the molecule is CCc1nn(C)c(CC(O)c2cc(Br)ccc2C)c1Cl. The summed E-state index contributed by atoms with van der Waals surface area (Å²) in [6.45, 7) is 4.01. The van der Waals surface area contributed by atoms with E-state index in [4.69, 9.17) is 11.6 Å². The summed E-state index contributed by atoms with van der Waals surface area (Å²) in [5.41, 5.74) is 3.72. The summed E-state index contributed by atoms with van der Waals surface area (Å²) in [6, 6.07) is 5.91. The molecule has 20 heavy (non-hydrogen) atoms. The number of halogens is 2. The molecular weight excluding hydrogens is 340 g/mol. The van der Waals surface area contributed by atoms with Crippen LogP contribution in [0.3, 0.4) is 0 Å². The molecule has 1 N–H and O–H groups in total. The lowest BCUT2D eigenvalue weighted by atomic mass is 10.00. The molecule has 0 spiro atoms. The summed E-state index contributed by atoms with van der Waals surface area (Å²) in [5.74, 6) is 0. The van der Waals surface area contributed by atoms with Crippen LogP contribution in [0.1, 0.15) is 35.5 Å². The predicted octanol–water partition coefficient (Wildman–Crippen LogP) is 3.98. The topological polar surface area (TPSA) is 38.0 Å². The number of hydrogen-bond donors (Lipinski definition) is 1. The number of aliphatic hydroxyl groups is 1. The van der Waals surface area contributed by atoms with Crippen molar-refractivity contribution in [3.8, 4) is 0 Å². The molecule has 1 unspecified atom stereocenters. The molecule has 0 saturated carbocycles. The van der Waals surface area contributed by atoms with Gasteiger partial charge in [-0.1, -0.05) is 40.5 Å². The van der Waals surface area contributed by atoms with Crippen molar-refractivity contribution in [3.63, 3.8) is 0 Å². The van der Waals surface area contributed by atoms with Crippen LogP contribution in [0, 0.1) is 6.92 Å². The monoisotopic (exact) mass is 356 g/mol. The van der Waals surface area contributed by atoms with E-state index >= 15 is 0 Å². The van der Waals surface area contributed by atoms with Gasteiger partial charge in [0.05, 0.1) is 22.5 Å². The third-order valence-corrected chi connectivity index (χ3v) is 4.42. The Kier molecular flexibility index (Phi) is 4.89. The van der Waals surface area contributed by atoms with Crippen molar-refractivity contribution in [2.45, 2.75) is 32.8 Å². The molecule has 108 valence electrons. The molecular formula is C15H18BrClN2O. The minimum absolute atomic E-state index is 0.458. The van der Waals surface area contributed by atoms with E-state index < -0.39 is 6.10 Å². The summed E-state index contributed by atoms with van der Waals surface area (Å²) >= 11 is 9.77. The van der Waals surface area contributed by atoms with E-state index in [2.05, 4.69) is 21.0 Å². The minimum atomic E-state index is -0.592. The van der Waals surface area contributed by atoms with Gasteiger partial charge in [0.25, 0.3) is 0 Å². The lowest BCUT2D eigenvalue weighted by Gasteiger charge is -2.14. The molecule has 3 nitrogen and oxygen atoms in total. The van der Waals surface area contributed by atoms with Gasteiger partial charge < -0.3 is 5.11 Å². The first-order valence-corrected chi connectivity index (χ1v) is 7.75. The third kappa shape index (κ3) is 3.08. The summed E-state index contributed by atoms with van der Waals surface area (Å²) in [4.78, 5) is 0. The first kappa shape index (κ1) is 15.5. The average molecular weight is 358 g/mol. The highest BCUT2D eigenvalue weighted by Gasteiger charge is 2.19. The molecule has 1 heterocycles. The Labute approximate surface area is 132 Å². The number of aryl methyl sites for hydroxylation is 3. The molecule has 0 aliphatic heterocycles. The van der Waals surface area contributed by atoms with Crippen LogP contribution in [0.2, 0.25) is 5.02 Å². The lowest BCUT2D eigenvalue weighted by Crippen LogP contribution is -2.08. The number of nitrogens with zero attached hydrogens (tertiary/aromatic N) is 2. The minimum Gasteiger partial charge on any atom is -0.388 e. The Balaban J connectivity index is 2.30. The largest absolute Gasteiger partial charge is 0.388 e. The molecule has 0 fully saturated rings. The van der Waals surface area contributed by atoms with Gasteiger partial charge in [0.2, 0.25) is 0 Å². The second-order valence-corrected chi connectivity index (χ2v) is 6.20. The van der Waals surface area contributed by atoms with Gasteiger partial charge in [-0.25, -0.2) is 0 Å². The molecule has 0 bridgehead atoms. The number of aliphatic hydroxyl groups excluding tert-OH is 1. The van der Waals surface area contributed by atoms with Gasteiger partial charge in [-0.2, -0.15) is 5.10 Å². The van der Waals surface area contributed by atoms with Crippen molar-refractivity contribution in [2.24, 2.45) is 7.05 Å². The van der Waals surface area contributed by atoms with Crippen molar-refractivity contribution >= 4 is 27.5 Å². The van der Waals surface area contributed by atoms with Crippen molar-refractivity contribution in [1.29, 1.82) is 0 Å². The number of rotatable bonds is 4. The molecule has 1 aromatic heterocycles. The van der Waals surface area contributed by atoms with E-state index in [1.165, 1.54) is 0 Å². The van der Waals surface area contributed by atoms with Crippen LogP contribution in [-0.4, -0.2) is 14.9 Å². The highest BCUT2D eigenvalue weighted by atomic mass is 79.9. The maximum atomic E-state index is 10.5. The van der Waals surface area contributed by atoms with Crippen molar-refractivity contribution in [1.82, 2.24) is 9.78 Å². The molecule has 1 atom stereocenters. The zero-order valence-electron chi connectivity index (χ0n) is 11.8. The zero-order chi connectivity index (χ0) is 14.9. The molecule has 0 aliphatic rings. The van der Waals surface area contributed by atoms with Crippen molar-refractivity contribution in [3.05, 3.63) is 50.2 Å². The van der Waals surface area contributed by atoms with Crippen LogP contribution in [-0.2, 0) is 19.9 Å². The average Bonchev–Trinajstić information content (AvgIpc) is 2.68. The van der Waals surface area contributed by atoms with E-state index in [-0.39, 0.29) is 0 Å². The number of aromatic nitrogens is 2. The van der Waals surface area contributed by atoms with Crippen molar-refractivity contribution < 1.29 is 5.11 Å². The zero-order valence-corrected chi connectivity index (χ0v) is 14.2. The quantitative estimate of drug-likeness (QED) is 0.898. The van der Waals surface area contributed by atoms with Gasteiger partial charge in [-0.05, 0) is 36.6 Å². The molecule has 0 amide bonds. The van der Waals surface area contributed by atoms with Gasteiger partial charge in [0.1, 0.15) is 0 Å². The van der Waals surface area contributed by atoms with E-state index in [9.17, 15) is 5.11 Å². The van der Waals surface area contributed by atoms with Gasteiger partial charge in [0, 0.05) is 17.9 Å². The van der Waals surface area contributed by atoms with Crippen LogP contribution >= 0.6 is 27.5 Å². The predicted molar refractivity (Wildman–Crippen MR) is 85.1 cm³/mol. The first-order valence-electron chi connectivity index (χ1n) is 6.58. The Morgan fingerprint density at radius 1 is 1.45 bits per heavy atom. The molecule has 5 heteroatoms. The smallest absolute Gasteiger partial charge is 0.0850 e. The normalized spacial score (nSPS) is 12.7. The van der Waals surface area contributed by atoms with Gasteiger partial charge >= 0.3 is 0 Å². The summed E-state index contributed by atoms with van der Waals surface area (Å²) < 4.78 is 2.72. The van der Waals surface area contributed by atoms with Gasteiger partial charge in [0.15, 0.2) is 0 Å². The van der Waals surface area contributed by atoms with E-state index in [1.807, 2.05) is 39.1 Å². The Bertz CT molecular complexity index is 625. The van der Waals surface area contributed by atoms with Crippen LogP contribution in [0.15, 0.2) is 22.7 Å². The third-order valence-electron chi connectivity index (χ3n) is 3.49. The van der Waals surface area contributed by atoms with E-state index in [0.29, 0.717) is 11.4 Å². The second-order valence-electron chi connectivity index (χ2n) is 4.91. The highest BCUT2D eigenvalue weighted by Crippen LogP contribution is 2.29. The Morgan fingerprint density at radius 3 is 2.75 bits per heavy atom. The van der Waals surface area contributed by atoms with Gasteiger partial charge in [-0.15, -0.1) is 0 Å². The molecule has 1 aromatic carbocycles. The summed E-state index contributed by atoms with van der Waals surface area (Å²) in [5, 5.41) is 15.5. The molecule has 0 aliphatic carbocycles. The molecule has 2 rings (SSSR count). The first-order chi connectivity index (χ1) is 9.43.